The molecule has 4 aliphatic heterocycles. The van der Waals surface area contributed by atoms with Gasteiger partial charge in [-0.1, -0.05) is 32.0 Å². The van der Waals surface area contributed by atoms with Crippen molar-refractivity contribution in [1.29, 1.82) is 0 Å². The Morgan fingerprint density at radius 3 is 2.46 bits per heavy atom. The van der Waals surface area contributed by atoms with Crippen molar-refractivity contribution in [2.75, 3.05) is 51.3 Å². The minimum absolute atomic E-state index is 0.0756. The van der Waals surface area contributed by atoms with Gasteiger partial charge in [-0.25, -0.2) is 9.79 Å². The fourth-order valence-electron chi connectivity index (χ4n) is 5.61. The minimum Gasteiger partial charge on any atom is -0.487 e. The number of hydrogen-bond donors (Lipinski definition) is 1. The number of anilines is 1. The number of urea groups is 1. The molecule has 37 heavy (non-hydrogen) atoms. The molecule has 1 N–H and O–H groups in total. The van der Waals surface area contributed by atoms with Crippen LogP contribution in [0.3, 0.4) is 0 Å². The first kappa shape index (κ1) is 24.1. The third-order valence-electron chi connectivity index (χ3n) is 8.02. The fraction of sp³-hybridized carbons (Fsp3) is 0.517. The smallest absolute Gasteiger partial charge is 0.321 e. The van der Waals surface area contributed by atoms with Crippen molar-refractivity contribution in [2.24, 2.45) is 10.9 Å². The summed E-state index contributed by atoms with van der Waals surface area (Å²) in [6.45, 7) is 9.39. The summed E-state index contributed by atoms with van der Waals surface area (Å²) in [6.07, 6.45) is 3.05. The average molecular weight is 505 g/mol. The monoisotopic (exact) mass is 504 g/mol. The van der Waals surface area contributed by atoms with Crippen LogP contribution in [0.25, 0.3) is 11.1 Å². The van der Waals surface area contributed by atoms with E-state index in [2.05, 4.69) is 59.4 Å². The van der Waals surface area contributed by atoms with Crippen LogP contribution >= 0.6 is 0 Å². The summed E-state index contributed by atoms with van der Waals surface area (Å²) >= 11 is 0. The highest BCUT2D eigenvalue weighted by Crippen LogP contribution is 2.43. The van der Waals surface area contributed by atoms with Gasteiger partial charge in [0.25, 0.3) is 6.02 Å². The van der Waals surface area contributed by atoms with E-state index in [-0.39, 0.29) is 17.7 Å². The van der Waals surface area contributed by atoms with Gasteiger partial charge in [0, 0.05) is 51.1 Å². The third kappa shape index (κ3) is 4.99. The van der Waals surface area contributed by atoms with E-state index < -0.39 is 0 Å². The Morgan fingerprint density at radius 2 is 1.76 bits per heavy atom. The first-order chi connectivity index (χ1) is 18.0. The van der Waals surface area contributed by atoms with Crippen LogP contribution in [0.2, 0.25) is 0 Å². The lowest BCUT2D eigenvalue weighted by atomic mass is 9.86. The molecule has 0 bridgehead atoms. The number of fused-ring (bicyclic) bond motifs is 1. The summed E-state index contributed by atoms with van der Waals surface area (Å²) < 4.78 is 18.0. The zero-order chi connectivity index (χ0) is 25.4. The Kier molecular flexibility index (Phi) is 6.44. The van der Waals surface area contributed by atoms with Gasteiger partial charge < -0.3 is 29.3 Å². The number of benzene rings is 2. The molecule has 2 aromatic carbocycles. The second-order valence-corrected chi connectivity index (χ2v) is 10.9. The van der Waals surface area contributed by atoms with Gasteiger partial charge in [0.2, 0.25) is 0 Å². The van der Waals surface area contributed by atoms with E-state index in [1.54, 1.807) is 4.90 Å². The number of nitrogens with one attached hydrogen (secondary N) is 1. The second-order valence-electron chi connectivity index (χ2n) is 10.9. The van der Waals surface area contributed by atoms with Gasteiger partial charge >= 0.3 is 6.03 Å². The lowest BCUT2D eigenvalue weighted by molar-refractivity contribution is 0.0284. The number of carbonyl (C=O) groups excluding carboxylic acids is 1. The average Bonchev–Trinajstić information content (AvgIpc) is 3.55. The summed E-state index contributed by atoms with van der Waals surface area (Å²) in [5.74, 6) is 1.48. The van der Waals surface area contributed by atoms with E-state index in [9.17, 15) is 4.79 Å². The van der Waals surface area contributed by atoms with E-state index in [4.69, 9.17) is 14.2 Å². The van der Waals surface area contributed by atoms with Crippen molar-refractivity contribution in [3.8, 4) is 16.9 Å². The van der Waals surface area contributed by atoms with E-state index in [0.29, 0.717) is 32.2 Å². The van der Waals surface area contributed by atoms with Crippen molar-refractivity contribution >= 4 is 17.7 Å². The molecular weight excluding hydrogens is 468 g/mol. The van der Waals surface area contributed by atoms with Gasteiger partial charge in [-0.05, 0) is 46.9 Å². The number of aliphatic imine (C=N–C) groups is 1. The predicted octanol–water partition coefficient (Wildman–Crippen LogP) is 4.40. The molecule has 0 aliphatic carbocycles. The number of likely N-dealkylation sites (tertiary alicyclic amines) is 1. The summed E-state index contributed by atoms with van der Waals surface area (Å²) in [6, 6.07) is 15.3. The SMILES string of the molecule is CC(C)C1CN=C(N2CCC3(CC2)Cc2cc(-c4ccc(NC(=O)N5CCOCC5)cc4)ccc2O3)O1. The van der Waals surface area contributed by atoms with Crippen LogP contribution in [0, 0.1) is 5.92 Å². The van der Waals surface area contributed by atoms with Crippen LogP contribution in [0.4, 0.5) is 10.5 Å². The Morgan fingerprint density at radius 1 is 1.03 bits per heavy atom. The minimum atomic E-state index is -0.137. The second kappa shape index (κ2) is 9.89. The highest BCUT2D eigenvalue weighted by atomic mass is 16.5. The molecule has 1 atom stereocenters. The summed E-state index contributed by atoms with van der Waals surface area (Å²) in [5.41, 5.74) is 4.22. The normalized spacial score (nSPS) is 22.5. The molecule has 2 amide bonds. The summed E-state index contributed by atoms with van der Waals surface area (Å²) in [4.78, 5) is 21.2. The maximum Gasteiger partial charge on any atom is 0.321 e. The molecule has 2 saturated heterocycles. The number of amidine groups is 1. The number of hydrogen-bond acceptors (Lipinski definition) is 6. The molecular formula is C29H36N4O4. The largest absolute Gasteiger partial charge is 0.487 e. The Bertz CT molecular complexity index is 1160. The molecule has 2 aromatic rings. The van der Waals surface area contributed by atoms with Crippen molar-refractivity contribution in [1.82, 2.24) is 9.80 Å². The van der Waals surface area contributed by atoms with Gasteiger partial charge in [-0.2, -0.15) is 0 Å². The third-order valence-corrected chi connectivity index (χ3v) is 8.02. The van der Waals surface area contributed by atoms with Gasteiger partial charge in [0.05, 0.1) is 19.8 Å². The van der Waals surface area contributed by atoms with Crippen molar-refractivity contribution < 1.29 is 19.0 Å². The van der Waals surface area contributed by atoms with Crippen LogP contribution in [0.1, 0.15) is 32.3 Å². The lowest BCUT2D eigenvalue weighted by Gasteiger charge is -2.39. The lowest BCUT2D eigenvalue weighted by Crippen LogP contribution is -2.49. The molecule has 8 heteroatoms. The number of amides is 2. The summed E-state index contributed by atoms with van der Waals surface area (Å²) in [5, 5.41) is 2.99. The van der Waals surface area contributed by atoms with Gasteiger partial charge in [0.1, 0.15) is 17.5 Å². The first-order valence-corrected chi connectivity index (χ1v) is 13.5. The Balaban J connectivity index is 1.07. The molecule has 196 valence electrons. The number of morpholine rings is 1. The highest BCUT2D eigenvalue weighted by molar-refractivity contribution is 5.89. The fourth-order valence-corrected chi connectivity index (χ4v) is 5.61. The molecule has 4 aliphatic rings. The molecule has 0 aromatic heterocycles. The Labute approximate surface area is 218 Å². The van der Waals surface area contributed by atoms with Gasteiger partial charge in [-0.15, -0.1) is 0 Å². The van der Waals surface area contributed by atoms with Crippen molar-refractivity contribution in [2.45, 2.75) is 44.8 Å². The zero-order valence-electron chi connectivity index (χ0n) is 21.7. The van der Waals surface area contributed by atoms with E-state index in [0.717, 1.165) is 67.5 Å². The van der Waals surface area contributed by atoms with Crippen LogP contribution < -0.4 is 10.1 Å². The van der Waals surface area contributed by atoms with Crippen LogP contribution in [-0.2, 0) is 15.9 Å². The molecule has 0 saturated carbocycles. The quantitative estimate of drug-likeness (QED) is 0.671. The van der Waals surface area contributed by atoms with Gasteiger partial charge in [0.15, 0.2) is 0 Å². The number of carbonyl (C=O) groups is 1. The molecule has 1 unspecified atom stereocenters. The molecule has 6 rings (SSSR count). The summed E-state index contributed by atoms with van der Waals surface area (Å²) in [7, 11) is 0. The number of piperidine rings is 1. The highest BCUT2D eigenvalue weighted by Gasteiger charge is 2.43. The van der Waals surface area contributed by atoms with E-state index >= 15 is 0 Å². The molecule has 8 nitrogen and oxygen atoms in total. The maximum absolute atomic E-state index is 12.5. The van der Waals surface area contributed by atoms with Crippen LogP contribution in [0.15, 0.2) is 47.5 Å². The number of rotatable bonds is 3. The number of ether oxygens (including phenoxy) is 3. The first-order valence-electron chi connectivity index (χ1n) is 13.5. The topological polar surface area (TPSA) is 75.6 Å². The Hall–Kier alpha value is -3.26. The molecule has 4 heterocycles. The van der Waals surface area contributed by atoms with Crippen molar-refractivity contribution in [3.05, 3.63) is 48.0 Å². The number of nitrogens with zero attached hydrogens (tertiary/aromatic N) is 3. The van der Waals surface area contributed by atoms with E-state index in [1.165, 1.54) is 5.56 Å². The molecule has 0 radical (unpaired) electrons. The van der Waals surface area contributed by atoms with Crippen LogP contribution in [0.5, 0.6) is 5.75 Å². The van der Waals surface area contributed by atoms with Crippen molar-refractivity contribution in [3.63, 3.8) is 0 Å². The standard InChI is InChI=1S/C29H36N4O4/c1-20(2)26-19-30-28(36-26)33-11-9-29(10-12-33)18-23-17-22(5-8-25(23)37-29)21-3-6-24(7-4-21)31-27(34)32-13-15-35-16-14-32/h3-8,17,20,26H,9-16,18-19H2,1-2H3,(H,31,34). The zero-order valence-corrected chi connectivity index (χ0v) is 21.7. The van der Waals surface area contributed by atoms with Crippen LogP contribution in [-0.4, -0.2) is 79.5 Å². The predicted molar refractivity (Wildman–Crippen MR) is 143 cm³/mol. The van der Waals surface area contributed by atoms with Gasteiger partial charge in [-0.3, -0.25) is 0 Å². The molecule has 2 fully saturated rings. The molecule has 1 spiro atoms. The maximum atomic E-state index is 12.5. The van der Waals surface area contributed by atoms with E-state index in [1.807, 2.05) is 12.1 Å².